The number of carbonyl (C=O) groups is 1. The standard InChI is InChI=1S/C15H20O4/c1-8-4-5-11-10(3)15(18)19-14(11)6-9(2)13(17)7-12(8)16/h6,11-14,16-17H,1,3-5,7H2,2H3/b9-6+/t11-,12+,13+,14+/m0/s1. The minimum atomic E-state index is -0.752. The number of hydrogen-bond donors (Lipinski definition) is 2. The van der Waals surface area contributed by atoms with Crippen molar-refractivity contribution in [2.75, 3.05) is 0 Å². The number of esters is 1. The van der Waals surface area contributed by atoms with E-state index in [0.29, 0.717) is 29.6 Å². The lowest BCUT2D eigenvalue weighted by atomic mass is 9.85. The Bertz CT molecular complexity index is 449. The summed E-state index contributed by atoms with van der Waals surface area (Å²) in [7, 11) is 0. The fourth-order valence-electron chi connectivity index (χ4n) is 2.56. The summed E-state index contributed by atoms with van der Waals surface area (Å²) in [5, 5.41) is 19.9. The van der Waals surface area contributed by atoms with Crippen LogP contribution >= 0.6 is 0 Å². The van der Waals surface area contributed by atoms with Crippen LogP contribution in [-0.4, -0.2) is 34.5 Å². The van der Waals surface area contributed by atoms with Crippen LogP contribution in [0.4, 0.5) is 0 Å². The van der Waals surface area contributed by atoms with Crippen LogP contribution in [0.2, 0.25) is 0 Å². The fraction of sp³-hybridized carbons (Fsp3) is 0.533. The molecule has 4 heteroatoms. The second-order valence-corrected chi connectivity index (χ2v) is 5.38. The van der Waals surface area contributed by atoms with Crippen LogP contribution in [0.5, 0.6) is 0 Å². The molecule has 0 aromatic carbocycles. The lowest BCUT2D eigenvalue weighted by molar-refractivity contribution is -0.137. The average molecular weight is 264 g/mol. The van der Waals surface area contributed by atoms with Crippen molar-refractivity contribution in [1.29, 1.82) is 0 Å². The first-order valence-corrected chi connectivity index (χ1v) is 6.52. The quantitative estimate of drug-likeness (QED) is 0.395. The molecule has 4 nitrogen and oxygen atoms in total. The molecular formula is C15H20O4. The van der Waals surface area contributed by atoms with Gasteiger partial charge in [0, 0.05) is 17.9 Å². The zero-order valence-corrected chi connectivity index (χ0v) is 11.1. The SMILES string of the molecule is C=C1CC[C@H]2C(=C)C(=O)O[C@@H]2/C=C(\C)[C@H](O)C[C@H]1O. The summed E-state index contributed by atoms with van der Waals surface area (Å²) in [4.78, 5) is 11.6. The van der Waals surface area contributed by atoms with Crippen molar-refractivity contribution >= 4 is 5.97 Å². The van der Waals surface area contributed by atoms with Gasteiger partial charge in [0.05, 0.1) is 12.2 Å². The Kier molecular flexibility index (Phi) is 3.92. The molecule has 1 saturated heterocycles. The molecule has 2 rings (SSSR count). The second kappa shape index (κ2) is 5.31. The van der Waals surface area contributed by atoms with E-state index in [9.17, 15) is 15.0 Å². The molecule has 0 aromatic heterocycles. The van der Waals surface area contributed by atoms with Crippen LogP contribution in [0.3, 0.4) is 0 Å². The van der Waals surface area contributed by atoms with Crippen molar-refractivity contribution < 1.29 is 19.7 Å². The van der Waals surface area contributed by atoms with Crippen LogP contribution in [0.25, 0.3) is 0 Å². The summed E-state index contributed by atoms with van der Waals surface area (Å²) in [6.45, 7) is 9.40. The van der Waals surface area contributed by atoms with Crippen molar-refractivity contribution in [1.82, 2.24) is 0 Å². The van der Waals surface area contributed by atoms with Crippen molar-refractivity contribution in [2.45, 2.75) is 44.5 Å². The average Bonchev–Trinajstić information content (AvgIpc) is 2.61. The predicted molar refractivity (Wildman–Crippen MR) is 71.3 cm³/mol. The van der Waals surface area contributed by atoms with E-state index < -0.39 is 12.2 Å². The molecule has 0 aromatic rings. The van der Waals surface area contributed by atoms with Gasteiger partial charge in [-0.25, -0.2) is 4.79 Å². The normalized spacial score (nSPS) is 39.3. The third-order valence-corrected chi connectivity index (χ3v) is 4.00. The molecule has 1 aliphatic heterocycles. The van der Waals surface area contributed by atoms with Gasteiger partial charge in [-0.05, 0) is 37.0 Å². The highest BCUT2D eigenvalue weighted by Gasteiger charge is 2.38. The number of fused-ring (bicyclic) bond motifs is 1. The first-order chi connectivity index (χ1) is 8.90. The van der Waals surface area contributed by atoms with Crippen molar-refractivity contribution in [2.24, 2.45) is 5.92 Å². The third-order valence-electron chi connectivity index (χ3n) is 4.00. The van der Waals surface area contributed by atoms with E-state index in [1.807, 2.05) is 0 Å². The number of rotatable bonds is 0. The highest BCUT2D eigenvalue weighted by molar-refractivity contribution is 5.91. The molecule has 1 heterocycles. The summed E-state index contributed by atoms with van der Waals surface area (Å²) >= 11 is 0. The molecule has 4 atom stereocenters. The summed E-state index contributed by atoms with van der Waals surface area (Å²) in [5.74, 6) is -0.476. The molecular weight excluding hydrogens is 244 g/mol. The van der Waals surface area contributed by atoms with E-state index in [-0.39, 0.29) is 24.4 Å². The van der Waals surface area contributed by atoms with Gasteiger partial charge in [-0.1, -0.05) is 13.2 Å². The van der Waals surface area contributed by atoms with Crippen molar-refractivity contribution in [3.8, 4) is 0 Å². The molecule has 1 aliphatic carbocycles. The molecule has 0 bridgehead atoms. The molecule has 0 spiro atoms. The van der Waals surface area contributed by atoms with Gasteiger partial charge >= 0.3 is 5.97 Å². The molecule has 104 valence electrons. The van der Waals surface area contributed by atoms with Crippen LogP contribution in [0.1, 0.15) is 26.2 Å². The molecule has 19 heavy (non-hydrogen) atoms. The molecule has 0 amide bonds. The zero-order valence-electron chi connectivity index (χ0n) is 11.1. The highest BCUT2D eigenvalue weighted by atomic mass is 16.5. The second-order valence-electron chi connectivity index (χ2n) is 5.38. The predicted octanol–water partition coefficient (Wildman–Crippen LogP) is 1.49. The first kappa shape index (κ1) is 14.0. The Morgan fingerprint density at radius 3 is 2.68 bits per heavy atom. The third kappa shape index (κ3) is 2.80. The Morgan fingerprint density at radius 2 is 2.00 bits per heavy atom. The first-order valence-electron chi connectivity index (χ1n) is 6.52. The van der Waals surface area contributed by atoms with Gasteiger partial charge in [0.15, 0.2) is 0 Å². The van der Waals surface area contributed by atoms with Gasteiger partial charge in [0.25, 0.3) is 0 Å². The van der Waals surface area contributed by atoms with Gasteiger partial charge in [0.1, 0.15) is 6.10 Å². The smallest absolute Gasteiger partial charge is 0.334 e. The summed E-state index contributed by atoms with van der Waals surface area (Å²) in [5.41, 5.74) is 1.84. The summed E-state index contributed by atoms with van der Waals surface area (Å²) in [6, 6.07) is 0. The summed E-state index contributed by atoms with van der Waals surface area (Å²) in [6.07, 6.45) is 1.43. The van der Waals surface area contributed by atoms with Gasteiger partial charge in [0.2, 0.25) is 0 Å². The number of carbonyl (C=O) groups excluding carboxylic acids is 1. The minimum absolute atomic E-state index is 0.100. The van der Waals surface area contributed by atoms with Crippen molar-refractivity contribution in [3.63, 3.8) is 0 Å². The molecule has 0 radical (unpaired) electrons. The van der Waals surface area contributed by atoms with E-state index >= 15 is 0 Å². The topological polar surface area (TPSA) is 66.8 Å². The monoisotopic (exact) mass is 264 g/mol. The van der Waals surface area contributed by atoms with Crippen molar-refractivity contribution in [3.05, 3.63) is 36.0 Å². The Morgan fingerprint density at radius 1 is 1.32 bits per heavy atom. The Balaban J connectivity index is 2.30. The van der Waals surface area contributed by atoms with Crippen LogP contribution in [-0.2, 0) is 9.53 Å². The summed E-state index contributed by atoms with van der Waals surface area (Å²) < 4.78 is 5.27. The molecule has 0 unspecified atom stereocenters. The van der Waals surface area contributed by atoms with Crippen LogP contribution in [0, 0.1) is 5.92 Å². The molecule has 0 saturated carbocycles. The lowest BCUT2D eigenvalue weighted by Crippen LogP contribution is -2.25. The number of hydrogen-bond acceptors (Lipinski definition) is 4. The maximum atomic E-state index is 11.6. The fourth-order valence-corrected chi connectivity index (χ4v) is 2.56. The molecule has 1 fully saturated rings. The van der Waals surface area contributed by atoms with E-state index in [1.54, 1.807) is 13.0 Å². The number of aliphatic hydroxyl groups excluding tert-OH is 2. The van der Waals surface area contributed by atoms with Gasteiger partial charge < -0.3 is 14.9 Å². The highest BCUT2D eigenvalue weighted by Crippen LogP contribution is 2.34. The minimum Gasteiger partial charge on any atom is -0.454 e. The Labute approximate surface area is 113 Å². The molecule has 2 aliphatic rings. The maximum Gasteiger partial charge on any atom is 0.334 e. The lowest BCUT2D eigenvalue weighted by Gasteiger charge is -2.24. The largest absolute Gasteiger partial charge is 0.454 e. The number of aliphatic hydroxyl groups is 2. The molecule has 2 N–H and O–H groups in total. The van der Waals surface area contributed by atoms with E-state index in [0.717, 1.165) is 0 Å². The van der Waals surface area contributed by atoms with Gasteiger partial charge in [-0.15, -0.1) is 0 Å². The van der Waals surface area contributed by atoms with Gasteiger partial charge in [-0.2, -0.15) is 0 Å². The van der Waals surface area contributed by atoms with Gasteiger partial charge in [-0.3, -0.25) is 0 Å². The van der Waals surface area contributed by atoms with E-state index in [4.69, 9.17) is 4.74 Å². The van der Waals surface area contributed by atoms with Crippen LogP contribution in [0.15, 0.2) is 36.0 Å². The van der Waals surface area contributed by atoms with E-state index in [2.05, 4.69) is 13.2 Å². The number of ether oxygens (including phenoxy) is 1. The Hall–Kier alpha value is -1.39. The van der Waals surface area contributed by atoms with E-state index in [1.165, 1.54) is 0 Å². The zero-order chi connectivity index (χ0) is 14.2. The van der Waals surface area contributed by atoms with Crippen LogP contribution < -0.4 is 0 Å². The maximum absolute atomic E-state index is 11.6.